The van der Waals surface area contributed by atoms with E-state index < -0.39 is 24.2 Å². The van der Waals surface area contributed by atoms with Crippen molar-refractivity contribution in [1.82, 2.24) is 10.3 Å². The van der Waals surface area contributed by atoms with Gasteiger partial charge in [0.1, 0.15) is 18.9 Å². The van der Waals surface area contributed by atoms with Crippen LogP contribution in [0.3, 0.4) is 0 Å². The smallest absolute Gasteiger partial charge is 0.322 e. The zero-order valence-corrected chi connectivity index (χ0v) is 13.9. The zero-order chi connectivity index (χ0) is 18.9. The van der Waals surface area contributed by atoms with Gasteiger partial charge in [-0.1, -0.05) is 24.0 Å². The molecule has 8 nitrogen and oxygen atoms in total. The number of methoxy groups -OCH3 is 1. The zero-order valence-electron chi connectivity index (χ0n) is 13.9. The lowest BCUT2D eigenvalue weighted by Crippen LogP contribution is -2.29. The van der Waals surface area contributed by atoms with Gasteiger partial charge in [0.25, 0.3) is 5.91 Å². The quantitative estimate of drug-likeness (QED) is 0.662. The second kappa shape index (κ2) is 8.94. The average Bonchev–Trinajstić information content (AvgIpc) is 2.63. The Morgan fingerprint density at radius 3 is 2.65 bits per heavy atom. The van der Waals surface area contributed by atoms with Crippen LogP contribution in [-0.4, -0.2) is 47.3 Å². The van der Waals surface area contributed by atoms with E-state index in [0.29, 0.717) is 17.1 Å². The van der Waals surface area contributed by atoms with Crippen LogP contribution in [0, 0.1) is 11.8 Å². The van der Waals surface area contributed by atoms with Crippen molar-refractivity contribution >= 4 is 11.9 Å². The van der Waals surface area contributed by atoms with Crippen LogP contribution in [0.25, 0.3) is 0 Å². The van der Waals surface area contributed by atoms with E-state index in [0.717, 1.165) is 0 Å². The number of amides is 1. The number of nitrogens with zero attached hydrogens (tertiary/aromatic N) is 1. The molecule has 0 aliphatic rings. The van der Waals surface area contributed by atoms with E-state index in [2.05, 4.69) is 22.1 Å². The summed E-state index contributed by atoms with van der Waals surface area (Å²) in [5.41, 5.74) is 0.1000. The Hall–Kier alpha value is -3.73. The van der Waals surface area contributed by atoms with Crippen molar-refractivity contribution < 1.29 is 29.3 Å². The fourth-order valence-corrected chi connectivity index (χ4v) is 1.93. The van der Waals surface area contributed by atoms with Gasteiger partial charge in [0.2, 0.25) is 0 Å². The standard InChI is InChI=1S/C18H16N2O6/c1-25-14-6-2-3-7-15(14)26-8-4-5-12-9-13(21)17(19-10-12)18(24)20-11-16(22)23/h2-3,6-7,9-10,21H,8,11H2,1H3,(H,20,24)(H,22,23). The average molecular weight is 356 g/mol. The monoisotopic (exact) mass is 356 g/mol. The van der Waals surface area contributed by atoms with E-state index in [1.807, 2.05) is 6.07 Å². The highest BCUT2D eigenvalue weighted by molar-refractivity contribution is 5.96. The fourth-order valence-electron chi connectivity index (χ4n) is 1.93. The highest BCUT2D eigenvalue weighted by Gasteiger charge is 2.13. The second-order valence-electron chi connectivity index (χ2n) is 4.91. The third-order valence-corrected chi connectivity index (χ3v) is 3.08. The van der Waals surface area contributed by atoms with Gasteiger partial charge in [-0.2, -0.15) is 0 Å². The predicted octanol–water partition coefficient (Wildman–Crippen LogP) is 1.04. The van der Waals surface area contributed by atoms with Crippen LogP contribution in [0.2, 0.25) is 0 Å². The number of ether oxygens (including phenoxy) is 2. The number of carbonyl (C=O) groups excluding carboxylic acids is 1. The van der Waals surface area contributed by atoms with Crippen molar-refractivity contribution in [2.75, 3.05) is 20.3 Å². The van der Waals surface area contributed by atoms with Gasteiger partial charge in [0.15, 0.2) is 17.2 Å². The van der Waals surface area contributed by atoms with Gasteiger partial charge >= 0.3 is 5.97 Å². The molecule has 1 aromatic carbocycles. The van der Waals surface area contributed by atoms with Crippen LogP contribution < -0.4 is 14.8 Å². The Kier molecular flexibility index (Phi) is 6.40. The number of aromatic nitrogens is 1. The van der Waals surface area contributed by atoms with Gasteiger partial charge < -0.3 is 25.0 Å². The Morgan fingerprint density at radius 2 is 2.00 bits per heavy atom. The van der Waals surface area contributed by atoms with E-state index in [1.165, 1.54) is 19.4 Å². The Bertz CT molecular complexity index is 869. The maximum atomic E-state index is 11.7. The molecule has 1 heterocycles. The largest absolute Gasteiger partial charge is 0.505 e. The van der Waals surface area contributed by atoms with Crippen LogP contribution in [0.1, 0.15) is 16.1 Å². The number of carbonyl (C=O) groups is 2. The molecule has 1 aromatic heterocycles. The lowest BCUT2D eigenvalue weighted by atomic mass is 10.2. The number of hydrogen-bond acceptors (Lipinski definition) is 6. The number of nitrogens with one attached hydrogen (secondary N) is 1. The molecule has 0 unspecified atom stereocenters. The summed E-state index contributed by atoms with van der Waals surface area (Å²) in [5.74, 6) is 4.26. The summed E-state index contributed by atoms with van der Waals surface area (Å²) in [4.78, 5) is 25.9. The van der Waals surface area contributed by atoms with Gasteiger partial charge in [-0.3, -0.25) is 9.59 Å². The number of carboxylic acids is 1. The Balaban J connectivity index is 1.99. The molecule has 1 amide bonds. The molecule has 0 aliphatic heterocycles. The first kappa shape index (κ1) is 18.6. The van der Waals surface area contributed by atoms with Crippen LogP contribution >= 0.6 is 0 Å². The van der Waals surface area contributed by atoms with E-state index in [9.17, 15) is 14.7 Å². The van der Waals surface area contributed by atoms with Gasteiger partial charge in [0.05, 0.1) is 7.11 Å². The van der Waals surface area contributed by atoms with Crippen LogP contribution in [0.4, 0.5) is 0 Å². The molecule has 0 aliphatic carbocycles. The van der Waals surface area contributed by atoms with Crippen LogP contribution in [-0.2, 0) is 4.79 Å². The van der Waals surface area contributed by atoms with Gasteiger partial charge in [0, 0.05) is 11.8 Å². The first-order chi connectivity index (χ1) is 12.5. The number of hydrogen-bond donors (Lipinski definition) is 3. The second-order valence-corrected chi connectivity index (χ2v) is 4.91. The summed E-state index contributed by atoms with van der Waals surface area (Å²) in [6.45, 7) is -0.482. The molecule has 134 valence electrons. The topological polar surface area (TPSA) is 118 Å². The molecular weight excluding hydrogens is 340 g/mol. The predicted molar refractivity (Wildman–Crippen MR) is 91.2 cm³/mol. The van der Waals surface area contributed by atoms with E-state index >= 15 is 0 Å². The summed E-state index contributed by atoms with van der Waals surface area (Å²) in [5, 5.41) is 20.5. The number of carboxylic acid groups (broad SMARTS) is 1. The summed E-state index contributed by atoms with van der Waals surface area (Å²) in [7, 11) is 1.54. The third kappa shape index (κ3) is 5.14. The Labute approximate surface area is 149 Å². The third-order valence-electron chi connectivity index (χ3n) is 3.08. The van der Waals surface area contributed by atoms with Crippen molar-refractivity contribution in [3.63, 3.8) is 0 Å². The van der Waals surface area contributed by atoms with Gasteiger partial charge in [-0.15, -0.1) is 0 Å². The molecule has 2 rings (SSSR count). The molecule has 26 heavy (non-hydrogen) atoms. The number of rotatable bonds is 6. The maximum absolute atomic E-state index is 11.7. The van der Waals surface area contributed by atoms with E-state index in [1.54, 1.807) is 18.2 Å². The Morgan fingerprint density at radius 1 is 1.27 bits per heavy atom. The van der Waals surface area contributed by atoms with Crippen molar-refractivity contribution in [3.8, 4) is 29.1 Å². The lowest BCUT2D eigenvalue weighted by Gasteiger charge is -2.07. The summed E-state index contributed by atoms with van der Waals surface area (Å²) in [6, 6.07) is 8.40. The van der Waals surface area contributed by atoms with E-state index in [4.69, 9.17) is 14.6 Å². The van der Waals surface area contributed by atoms with Crippen LogP contribution in [0.5, 0.6) is 17.2 Å². The molecule has 0 saturated heterocycles. The first-order valence-corrected chi connectivity index (χ1v) is 7.45. The van der Waals surface area contributed by atoms with Crippen molar-refractivity contribution in [1.29, 1.82) is 0 Å². The molecule has 3 N–H and O–H groups in total. The highest BCUT2D eigenvalue weighted by Crippen LogP contribution is 2.25. The minimum absolute atomic E-state index is 0.0853. The van der Waals surface area contributed by atoms with E-state index in [-0.39, 0.29) is 12.3 Å². The molecule has 0 fully saturated rings. The first-order valence-electron chi connectivity index (χ1n) is 7.45. The number of para-hydroxylation sites is 2. The number of aliphatic carboxylic acids is 1. The SMILES string of the molecule is COc1ccccc1OCC#Cc1cnc(C(=O)NCC(=O)O)c(O)c1. The molecule has 0 saturated carbocycles. The minimum atomic E-state index is -1.20. The molecule has 0 bridgehead atoms. The van der Waals surface area contributed by atoms with Crippen molar-refractivity contribution in [2.24, 2.45) is 0 Å². The molecule has 0 spiro atoms. The molecule has 2 aromatic rings. The number of benzene rings is 1. The van der Waals surface area contributed by atoms with Crippen LogP contribution in [0.15, 0.2) is 36.5 Å². The minimum Gasteiger partial charge on any atom is -0.505 e. The fraction of sp³-hybridized carbons (Fsp3) is 0.167. The summed E-state index contributed by atoms with van der Waals surface area (Å²) in [6.07, 6.45) is 1.30. The molecular formula is C18H16N2O6. The normalized spacial score (nSPS) is 9.58. The lowest BCUT2D eigenvalue weighted by molar-refractivity contribution is -0.135. The highest BCUT2D eigenvalue weighted by atomic mass is 16.5. The summed E-state index contributed by atoms with van der Waals surface area (Å²) < 4.78 is 10.7. The summed E-state index contributed by atoms with van der Waals surface area (Å²) >= 11 is 0. The number of pyridine rings is 1. The van der Waals surface area contributed by atoms with Crippen molar-refractivity contribution in [2.45, 2.75) is 0 Å². The maximum Gasteiger partial charge on any atom is 0.322 e. The molecule has 8 heteroatoms. The number of aromatic hydroxyl groups is 1. The van der Waals surface area contributed by atoms with Crippen molar-refractivity contribution in [3.05, 3.63) is 47.8 Å². The molecule has 0 radical (unpaired) electrons. The molecule has 0 atom stereocenters. The van der Waals surface area contributed by atoms with Gasteiger partial charge in [-0.25, -0.2) is 4.98 Å². The van der Waals surface area contributed by atoms with Gasteiger partial charge in [-0.05, 0) is 18.2 Å².